The Balaban J connectivity index is 3.70. The predicted molar refractivity (Wildman–Crippen MR) is 47.5 cm³/mol. The molecule has 0 saturated carbocycles. The third kappa shape index (κ3) is 1.69. The molecule has 0 aromatic heterocycles. The number of allylic oxidation sites excluding steroid dienone is 1. The summed E-state index contributed by atoms with van der Waals surface area (Å²) in [4.78, 5) is 0. The maximum absolute atomic E-state index is 13.2. The number of methoxy groups -OCH3 is 1. The molecule has 1 aromatic carbocycles. The first-order valence-corrected chi connectivity index (χ1v) is 3.97. The van der Waals surface area contributed by atoms with Crippen LogP contribution in [0.4, 0.5) is 17.6 Å². The van der Waals surface area contributed by atoms with Gasteiger partial charge in [0.1, 0.15) is 0 Å². The lowest BCUT2D eigenvalue weighted by atomic mass is 10.1. The Bertz CT molecular complexity index is 426. The minimum Gasteiger partial charge on any atom is -0.493 e. The Morgan fingerprint density at radius 2 is 1.47 bits per heavy atom. The van der Waals surface area contributed by atoms with Crippen LogP contribution in [0.15, 0.2) is 6.58 Å². The van der Waals surface area contributed by atoms with Crippen LogP contribution in [0.3, 0.4) is 0 Å². The molecular weight excluding hydrogens is 212 g/mol. The fraction of sp³-hybridized carbons (Fsp3) is 0.200. The van der Waals surface area contributed by atoms with E-state index in [-0.39, 0.29) is 5.57 Å². The van der Waals surface area contributed by atoms with Crippen LogP contribution in [0.2, 0.25) is 0 Å². The molecule has 1 aromatic rings. The van der Waals surface area contributed by atoms with E-state index in [1.54, 1.807) is 0 Å². The lowest BCUT2D eigenvalue weighted by Gasteiger charge is -2.11. The van der Waals surface area contributed by atoms with Crippen molar-refractivity contribution >= 4 is 5.57 Å². The van der Waals surface area contributed by atoms with Gasteiger partial charge in [0, 0.05) is 0 Å². The van der Waals surface area contributed by atoms with Crippen molar-refractivity contribution in [2.45, 2.75) is 6.92 Å². The third-order valence-corrected chi connectivity index (χ3v) is 1.85. The SMILES string of the molecule is C=C(C)c1c(F)c(F)c(F)c(F)c1OC. The predicted octanol–water partition coefficient (Wildman–Crippen LogP) is 3.28. The highest BCUT2D eigenvalue weighted by Crippen LogP contribution is 2.34. The van der Waals surface area contributed by atoms with Gasteiger partial charge in [-0.25, -0.2) is 13.2 Å². The van der Waals surface area contributed by atoms with Gasteiger partial charge in [-0.15, -0.1) is 0 Å². The van der Waals surface area contributed by atoms with Crippen molar-refractivity contribution in [1.82, 2.24) is 0 Å². The molecule has 0 aliphatic rings. The molecular formula is C10H8F4O. The van der Waals surface area contributed by atoms with Crippen molar-refractivity contribution in [1.29, 1.82) is 0 Å². The summed E-state index contributed by atoms with van der Waals surface area (Å²) in [5.74, 6) is -7.51. The second kappa shape index (κ2) is 3.92. The second-order valence-electron chi connectivity index (χ2n) is 2.94. The number of hydrogen-bond donors (Lipinski definition) is 0. The Kier molecular flexibility index (Phi) is 3.02. The molecule has 0 saturated heterocycles. The van der Waals surface area contributed by atoms with Crippen LogP contribution in [0, 0.1) is 23.3 Å². The summed E-state index contributed by atoms with van der Waals surface area (Å²) in [5, 5.41) is 0. The van der Waals surface area contributed by atoms with E-state index in [0.29, 0.717) is 0 Å². The molecule has 1 nitrogen and oxygen atoms in total. The Hall–Kier alpha value is -1.52. The fourth-order valence-electron chi connectivity index (χ4n) is 1.18. The van der Waals surface area contributed by atoms with Crippen molar-refractivity contribution in [3.8, 4) is 5.75 Å². The zero-order valence-corrected chi connectivity index (χ0v) is 8.13. The number of ether oxygens (including phenoxy) is 1. The van der Waals surface area contributed by atoms with Gasteiger partial charge in [-0.05, 0) is 12.5 Å². The molecule has 0 N–H and O–H groups in total. The molecule has 82 valence electrons. The number of benzene rings is 1. The van der Waals surface area contributed by atoms with Gasteiger partial charge < -0.3 is 4.74 Å². The summed E-state index contributed by atoms with van der Waals surface area (Å²) in [6.45, 7) is 4.66. The highest BCUT2D eigenvalue weighted by Gasteiger charge is 2.26. The van der Waals surface area contributed by atoms with Crippen molar-refractivity contribution in [3.63, 3.8) is 0 Å². The van der Waals surface area contributed by atoms with Gasteiger partial charge in [-0.2, -0.15) is 4.39 Å². The van der Waals surface area contributed by atoms with E-state index >= 15 is 0 Å². The minimum atomic E-state index is -1.89. The van der Waals surface area contributed by atoms with Crippen LogP contribution in [0.5, 0.6) is 5.75 Å². The van der Waals surface area contributed by atoms with Gasteiger partial charge in [0.05, 0.1) is 12.7 Å². The van der Waals surface area contributed by atoms with Gasteiger partial charge in [0.15, 0.2) is 17.4 Å². The van der Waals surface area contributed by atoms with Crippen LogP contribution in [0.25, 0.3) is 5.57 Å². The molecule has 0 radical (unpaired) electrons. The second-order valence-corrected chi connectivity index (χ2v) is 2.94. The van der Waals surface area contributed by atoms with Crippen LogP contribution < -0.4 is 4.74 Å². The zero-order valence-electron chi connectivity index (χ0n) is 8.13. The normalized spacial score (nSPS) is 10.3. The molecule has 5 heteroatoms. The smallest absolute Gasteiger partial charge is 0.204 e. The van der Waals surface area contributed by atoms with E-state index in [4.69, 9.17) is 0 Å². The molecule has 0 heterocycles. The van der Waals surface area contributed by atoms with Gasteiger partial charge in [0.25, 0.3) is 0 Å². The summed E-state index contributed by atoms with van der Waals surface area (Å²) in [5.41, 5.74) is -0.448. The summed E-state index contributed by atoms with van der Waals surface area (Å²) >= 11 is 0. The monoisotopic (exact) mass is 220 g/mol. The topological polar surface area (TPSA) is 9.23 Å². The number of hydrogen-bond acceptors (Lipinski definition) is 1. The van der Waals surface area contributed by atoms with E-state index in [9.17, 15) is 17.6 Å². The quantitative estimate of drug-likeness (QED) is 0.422. The van der Waals surface area contributed by atoms with Crippen LogP contribution in [-0.4, -0.2) is 7.11 Å². The van der Waals surface area contributed by atoms with E-state index in [2.05, 4.69) is 11.3 Å². The lowest BCUT2D eigenvalue weighted by Crippen LogP contribution is -2.05. The van der Waals surface area contributed by atoms with E-state index in [0.717, 1.165) is 7.11 Å². The minimum absolute atomic E-state index is 0.0437. The molecule has 0 aliphatic carbocycles. The molecule has 1 rings (SSSR count). The molecule has 0 atom stereocenters. The first-order chi connectivity index (χ1) is 6.91. The highest BCUT2D eigenvalue weighted by atomic mass is 19.2. The average Bonchev–Trinajstić information content (AvgIpc) is 2.19. The van der Waals surface area contributed by atoms with Gasteiger partial charge in [0.2, 0.25) is 11.6 Å². The van der Waals surface area contributed by atoms with Gasteiger partial charge in [-0.1, -0.05) is 6.58 Å². The summed E-state index contributed by atoms with van der Waals surface area (Å²) in [6, 6.07) is 0. The molecule has 15 heavy (non-hydrogen) atoms. The third-order valence-electron chi connectivity index (χ3n) is 1.85. The first-order valence-electron chi connectivity index (χ1n) is 3.97. The lowest BCUT2D eigenvalue weighted by molar-refractivity contribution is 0.344. The Morgan fingerprint density at radius 3 is 1.87 bits per heavy atom. The van der Waals surface area contributed by atoms with Crippen LogP contribution in [-0.2, 0) is 0 Å². The molecule has 0 spiro atoms. The van der Waals surface area contributed by atoms with E-state index < -0.39 is 34.6 Å². The van der Waals surface area contributed by atoms with Crippen molar-refractivity contribution in [3.05, 3.63) is 35.4 Å². The Labute approximate surface area is 84.0 Å². The number of halogens is 4. The van der Waals surface area contributed by atoms with Gasteiger partial charge in [-0.3, -0.25) is 0 Å². The summed E-state index contributed by atoms with van der Waals surface area (Å²) in [7, 11) is 1.03. The molecule has 0 unspecified atom stereocenters. The number of rotatable bonds is 2. The summed E-state index contributed by atoms with van der Waals surface area (Å²) in [6.07, 6.45) is 0. The zero-order chi connectivity index (χ0) is 11.7. The maximum Gasteiger partial charge on any atom is 0.204 e. The van der Waals surface area contributed by atoms with E-state index in [1.807, 2.05) is 0 Å². The maximum atomic E-state index is 13.2. The standard InChI is InChI=1S/C10H8F4O/c1-4(2)5-6(11)7(12)8(13)9(14)10(5)15-3/h1H2,2-3H3. The largest absolute Gasteiger partial charge is 0.493 e. The molecule has 0 amide bonds. The molecule has 0 fully saturated rings. The summed E-state index contributed by atoms with van der Waals surface area (Å²) < 4.78 is 56.4. The molecule has 0 bridgehead atoms. The van der Waals surface area contributed by atoms with Crippen LogP contribution in [0.1, 0.15) is 12.5 Å². The van der Waals surface area contributed by atoms with Crippen molar-refractivity contribution in [2.24, 2.45) is 0 Å². The highest BCUT2D eigenvalue weighted by molar-refractivity contribution is 5.68. The van der Waals surface area contributed by atoms with Crippen molar-refractivity contribution < 1.29 is 22.3 Å². The Morgan fingerprint density at radius 1 is 1.00 bits per heavy atom. The molecule has 0 aliphatic heterocycles. The van der Waals surface area contributed by atoms with Gasteiger partial charge >= 0.3 is 0 Å². The first kappa shape index (κ1) is 11.6. The fourth-order valence-corrected chi connectivity index (χ4v) is 1.18. The van der Waals surface area contributed by atoms with Crippen molar-refractivity contribution in [2.75, 3.05) is 7.11 Å². The average molecular weight is 220 g/mol. The van der Waals surface area contributed by atoms with Crippen LogP contribution >= 0.6 is 0 Å². The van der Waals surface area contributed by atoms with E-state index in [1.165, 1.54) is 6.92 Å².